The van der Waals surface area contributed by atoms with Gasteiger partial charge in [0, 0.05) is 12.6 Å². The van der Waals surface area contributed by atoms with Gasteiger partial charge in [-0.1, -0.05) is 11.6 Å². The molecule has 1 aliphatic rings. The van der Waals surface area contributed by atoms with E-state index in [4.69, 9.17) is 11.6 Å². The molecule has 2 amide bonds. The topological polar surface area (TPSA) is 79.4 Å². The van der Waals surface area contributed by atoms with Crippen LogP contribution in [-0.4, -0.2) is 48.4 Å². The van der Waals surface area contributed by atoms with Crippen molar-refractivity contribution in [2.45, 2.75) is 26.3 Å². The van der Waals surface area contributed by atoms with Crippen LogP contribution in [0.3, 0.4) is 0 Å². The van der Waals surface area contributed by atoms with Gasteiger partial charge in [0.25, 0.3) is 0 Å². The number of hydrogen-bond acceptors (Lipinski definition) is 4. The number of hydrogen-bond donors (Lipinski definition) is 1. The lowest BCUT2D eigenvalue weighted by Crippen LogP contribution is -2.43. The number of pyridine rings is 1. The van der Waals surface area contributed by atoms with Gasteiger partial charge in [0.15, 0.2) is 9.84 Å². The Labute approximate surface area is 129 Å². The minimum atomic E-state index is -3.02. The molecule has 1 N–H and O–H groups in total. The number of urea groups is 1. The van der Waals surface area contributed by atoms with Gasteiger partial charge in [0.2, 0.25) is 0 Å². The number of sulfone groups is 1. The summed E-state index contributed by atoms with van der Waals surface area (Å²) >= 11 is 5.78. The van der Waals surface area contributed by atoms with Crippen molar-refractivity contribution in [3.8, 4) is 0 Å². The first-order valence-corrected chi connectivity index (χ1v) is 8.93. The van der Waals surface area contributed by atoms with Crippen LogP contribution in [-0.2, 0) is 9.84 Å². The maximum Gasteiger partial charge on any atom is 0.322 e. The molecule has 0 unspecified atom stereocenters. The summed E-state index contributed by atoms with van der Waals surface area (Å²) in [7, 11) is -3.02. The lowest BCUT2D eigenvalue weighted by Gasteiger charge is -2.27. The Morgan fingerprint density at radius 3 is 2.76 bits per heavy atom. The van der Waals surface area contributed by atoms with Crippen molar-refractivity contribution in [2.75, 3.05) is 23.4 Å². The number of nitrogens with zero attached hydrogens (tertiary/aromatic N) is 2. The van der Waals surface area contributed by atoms with Crippen LogP contribution in [0.4, 0.5) is 10.5 Å². The van der Waals surface area contributed by atoms with E-state index in [0.29, 0.717) is 29.5 Å². The first-order valence-electron chi connectivity index (χ1n) is 6.73. The molecule has 116 valence electrons. The Morgan fingerprint density at radius 1 is 1.52 bits per heavy atom. The van der Waals surface area contributed by atoms with Gasteiger partial charge in [-0.25, -0.2) is 18.2 Å². The van der Waals surface area contributed by atoms with Gasteiger partial charge in [-0.05, 0) is 32.4 Å². The Hall–Kier alpha value is -1.34. The van der Waals surface area contributed by atoms with E-state index in [-0.39, 0.29) is 23.6 Å². The molecule has 1 fully saturated rings. The van der Waals surface area contributed by atoms with Crippen molar-refractivity contribution in [2.24, 2.45) is 0 Å². The number of aromatic nitrogens is 1. The number of carbonyl (C=O) groups is 1. The first kappa shape index (κ1) is 16.0. The summed E-state index contributed by atoms with van der Waals surface area (Å²) in [6.45, 7) is 4.03. The second-order valence-corrected chi connectivity index (χ2v) is 7.66. The second-order valence-electron chi connectivity index (χ2n) is 5.04. The van der Waals surface area contributed by atoms with E-state index >= 15 is 0 Å². The highest BCUT2D eigenvalue weighted by atomic mass is 35.5. The zero-order chi connectivity index (χ0) is 15.6. The Morgan fingerprint density at radius 2 is 2.24 bits per heavy atom. The predicted octanol–water partition coefficient (Wildman–Crippen LogP) is 2.08. The number of halogens is 1. The number of aryl methyl sites for hydroxylation is 1. The van der Waals surface area contributed by atoms with E-state index in [9.17, 15) is 13.2 Å². The molecule has 0 aromatic carbocycles. The molecule has 1 aliphatic heterocycles. The molecular weight excluding hydrogens is 314 g/mol. The molecule has 21 heavy (non-hydrogen) atoms. The summed E-state index contributed by atoms with van der Waals surface area (Å²) in [5, 5.41) is 3.12. The largest absolute Gasteiger partial charge is 0.322 e. The molecule has 0 bridgehead atoms. The highest BCUT2D eigenvalue weighted by molar-refractivity contribution is 7.91. The summed E-state index contributed by atoms with van der Waals surface area (Å²) < 4.78 is 23.1. The fourth-order valence-corrected chi connectivity index (χ4v) is 4.36. The summed E-state index contributed by atoms with van der Waals surface area (Å²) in [6.07, 6.45) is 0.488. The van der Waals surface area contributed by atoms with Gasteiger partial charge in [0.05, 0.1) is 22.9 Å². The number of nitrogens with one attached hydrogen (secondary N) is 1. The highest BCUT2D eigenvalue weighted by Crippen LogP contribution is 2.20. The van der Waals surface area contributed by atoms with Crippen LogP contribution in [0.15, 0.2) is 12.1 Å². The van der Waals surface area contributed by atoms with Crippen LogP contribution in [0.2, 0.25) is 5.15 Å². The van der Waals surface area contributed by atoms with Gasteiger partial charge in [0.1, 0.15) is 5.15 Å². The monoisotopic (exact) mass is 331 g/mol. The smallest absolute Gasteiger partial charge is 0.321 e. The molecule has 2 rings (SSSR count). The number of rotatable bonds is 3. The maximum atomic E-state index is 12.3. The van der Waals surface area contributed by atoms with Crippen molar-refractivity contribution in [1.82, 2.24) is 9.88 Å². The molecule has 8 heteroatoms. The normalized spacial score (nSPS) is 20.2. The third-order valence-corrected chi connectivity index (χ3v) is 5.51. The van der Waals surface area contributed by atoms with Crippen LogP contribution in [0.1, 0.15) is 19.0 Å². The third kappa shape index (κ3) is 3.85. The molecule has 0 spiro atoms. The van der Waals surface area contributed by atoms with Crippen LogP contribution < -0.4 is 5.32 Å². The molecule has 0 saturated carbocycles. The average Bonchev–Trinajstić information content (AvgIpc) is 2.74. The van der Waals surface area contributed by atoms with E-state index in [2.05, 4.69) is 10.3 Å². The number of carbonyl (C=O) groups excluding carboxylic acids is 1. The lowest BCUT2D eigenvalue weighted by molar-refractivity contribution is 0.197. The summed E-state index contributed by atoms with van der Waals surface area (Å²) in [4.78, 5) is 18.0. The van der Waals surface area contributed by atoms with Crippen molar-refractivity contribution < 1.29 is 13.2 Å². The van der Waals surface area contributed by atoms with E-state index in [0.717, 1.165) is 0 Å². The van der Waals surface area contributed by atoms with Gasteiger partial charge in [-0.15, -0.1) is 0 Å². The van der Waals surface area contributed by atoms with Crippen molar-refractivity contribution in [3.05, 3.63) is 23.0 Å². The second kappa shape index (κ2) is 6.19. The maximum absolute atomic E-state index is 12.3. The van der Waals surface area contributed by atoms with Crippen LogP contribution in [0, 0.1) is 6.92 Å². The minimum Gasteiger partial charge on any atom is -0.321 e. The quantitative estimate of drug-likeness (QED) is 0.860. The standard InChI is InChI=1S/C13H18ClN3O3S/c1-3-17(10-6-7-21(19,20)8-10)13(18)16-11-4-5-12(14)15-9(11)2/h4-5,10H,3,6-8H2,1-2H3,(H,16,18)/t10-/m0/s1. The van der Waals surface area contributed by atoms with E-state index in [1.54, 1.807) is 24.0 Å². The number of anilines is 1. The molecule has 0 aliphatic carbocycles. The predicted molar refractivity (Wildman–Crippen MR) is 82.4 cm³/mol. The molecule has 1 atom stereocenters. The van der Waals surface area contributed by atoms with Gasteiger partial charge in [-0.2, -0.15) is 0 Å². The van der Waals surface area contributed by atoms with Crippen LogP contribution >= 0.6 is 11.6 Å². The molecule has 2 heterocycles. The van der Waals surface area contributed by atoms with E-state index in [1.165, 1.54) is 0 Å². The SMILES string of the molecule is CCN(C(=O)Nc1ccc(Cl)nc1C)[C@H]1CCS(=O)(=O)C1. The molecule has 0 radical (unpaired) electrons. The van der Waals surface area contributed by atoms with Crippen molar-refractivity contribution in [1.29, 1.82) is 0 Å². The van der Waals surface area contributed by atoms with E-state index < -0.39 is 9.84 Å². The minimum absolute atomic E-state index is 0.0338. The number of amides is 2. The summed E-state index contributed by atoms with van der Waals surface area (Å²) in [5.41, 5.74) is 1.19. The Balaban J connectivity index is 2.10. The van der Waals surface area contributed by atoms with Crippen molar-refractivity contribution in [3.63, 3.8) is 0 Å². The molecule has 1 saturated heterocycles. The summed E-state index contributed by atoms with van der Waals surface area (Å²) in [6, 6.07) is 2.70. The highest BCUT2D eigenvalue weighted by Gasteiger charge is 2.34. The molecule has 6 nitrogen and oxygen atoms in total. The van der Waals surface area contributed by atoms with Crippen LogP contribution in [0.25, 0.3) is 0 Å². The van der Waals surface area contributed by atoms with Crippen molar-refractivity contribution >= 4 is 33.2 Å². The van der Waals surface area contributed by atoms with Gasteiger partial charge in [-0.3, -0.25) is 0 Å². The Bertz CT molecular complexity index is 648. The zero-order valence-corrected chi connectivity index (χ0v) is 13.5. The van der Waals surface area contributed by atoms with Gasteiger partial charge >= 0.3 is 6.03 Å². The lowest BCUT2D eigenvalue weighted by atomic mass is 10.2. The zero-order valence-electron chi connectivity index (χ0n) is 12.0. The fraction of sp³-hybridized carbons (Fsp3) is 0.538. The average molecular weight is 332 g/mol. The van der Waals surface area contributed by atoms with Crippen LogP contribution in [0.5, 0.6) is 0 Å². The van der Waals surface area contributed by atoms with E-state index in [1.807, 2.05) is 6.92 Å². The molecule has 1 aromatic rings. The fourth-order valence-electron chi connectivity index (χ4n) is 2.44. The Kier molecular flexibility index (Phi) is 4.73. The molecule has 1 aromatic heterocycles. The summed E-state index contributed by atoms with van der Waals surface area (Å²) in [5.74, 6) is 0.176. The first-order chi connectivity index (χ1) is 9.82. The van der Waals surface area contributed by atoms with Gasteiger partial charge < -0.3 is 10.2 Å². The third-order valence-electron chi connectivity index (χ3n) is 3.54. The molecular formula is C13H18ClN3O3S.